The summed E-state index contributed by atoms with van der Waals surface area (Å²) in [6.07, 6.45) is 0.965. The lowest BCUT2D eigenvalue weighted by molar-refractivity contribution is -0.139. The van der Waals surface area contributed by atoms with E-state index in [9.17, 15) is 18.0 Å². The van der Waals surface area contributed by atoms with Crippen molar-refractivity contribution in [2.24, 2.45) is 0 Å². The summed E-state index contributed by atoms with van der Waals surface area (Å²) in [6.45, 7) is 4.43. The van der Waals surface area contributed by atoms with Crippen LogP contribution in [0.3, 0.4) is 0 Å². The predicted octanol–water partition coefficient (Wildman–Crippen LogP) is 5.01. The molecule has 2 rings (SSSR count). The first kappa shape index (κ1) is 28.5. The molecule has 1 atom stereocenters. The maximum absolute atomic E-state index is 13.5. The summed E-state index contributed by atoms with van der Waals surface area (Å²) in [4.78, 5) is 27.5. The Labute approximate surface area is 220 Å². The quantitative estimate of drug-likeness (QED) is 0.461. The number of nitrogens with zero attached hydrogens (tertiary/aromatic N) is 2. The molecule has 2 aromatic carbocycles. The van der Waals surface area contributed by atoms with Crippen LogP contribution in [0.1, 0.15) is 26.3 Å². The lowest BCUT2D eigenvalue weighted by Gasteiger charge is -2.32. The molecule has 2 aromatic rings. The van der Waals surface area contributed by atoms with Gasteiger partial charge >= 0.3 is 0 Å². The Bertz CT molecular complexity index is 1150. The van der Waals surface area contributed by atoms with E-state index in [1.54, 1.807) is 39.0 Å². The van der Waals surface area contributed by atoms with Crippen LogP contribution in [-0.4, -0.2) is 50.0 Å². The highest BCUT2D eigenvalue weighted by Crippen LogP contribution is 2.30. The van der Waals surface area contributed by atoms with Crippen LogP contribution >= 0.6 is 46.4 Å². The molecule has 1 N–H and O–H groups in total. The number of benzene rings is 2. The van der Waals surface area contributed by atoms with Gasteiger partial charge < -0.3 is 10.2 Å². The Hall–Kier alpha value is -1.71. The molecule has 0 fully saturated rings. The third kappa shape index (κ3) is 7.39. The van der Waals surface area contributed by atoms with E-state index in [-0.39, 0.29) is 28.3 Å². The fourth-order valence-corrected chi connectivity index (χ4v) is 4.75. The zero-order chi connectivity index (χ0) is 25.8. The van der Waals surface area contributed by atoms with Gasteiger partial charge in [-0.15, -0.1) is 0 Å². The summed E-state index contributed by atoms with van der Waals surface area (Å²) in [5.74, 6) is -1.05. The van der Waals surface area contributed by atoms with Crippen LogP contribution in [0.5, 0.6) is 0 Å². The number of hydrogen-bond donors (Lipinski definition) is 1. The van der Waals surface area contributed by atoms with Crippen LogP contribution in [0.15, 0.2) is 36.4 Å². The second-order valence-electron chi connectivity index (χ2n) is 7.93. The third-order valence-electron chi connectivity index (χ3n) is 4.86. The van der Waals surface area contributed by atoms with Crippen molar-refractivity contribution >= 4 is 73.9 Å². The number of hydrogen-bond acceptors (Lipinski definition) is 4. The standard InChI is InChI=1S/C22H25Cl4N3O4S/c1-13(2)27-22(31)14(3)28(11-16-17(23)6-5-7-18(16)24)21(30)12-29(34(4,32)33)15-8-9-19(25)20(26)10-15/h5-10,13-14H,11-12H2,1-4H3,(H,27,31)/t14-/m1/s1. The van der Waals surface area contributed by atoms with Crippen LogP contribution in [0.2, 0.25) is 20.1 Å². The Morgan fingerprint density at radius 3 is 2.03 bits per heavy atom. The monoisotopic (exact) mass is 567 g/mol. The van der Waals surface area contributed by atoms with Crippen molar-refractivity contribution in [3.05, 3.63) is 62.1 Å². The van der Waals surface area contributed by atoms with E-state index in [2.05, 4.69) is 5.32 Å². The van der Waals surface area contributed by atoms with Gasteiger partial charge in [0, 0.05) is 28.2 Å². The lowest BCUT2D eigenvalue weighted by Crippen LogP contribution is -2.52. The zero-order valence-corrected chi connectivity index (χ0v) is 22.8. The number of halogens is 4. The van der Waals surface area contributed by atoms with E-state index < -0.39 is 34.4 Å². The third-order valence-corrected chi connectivity index (χ3v) is 7.45. The molecule has 0 saturated carbocycles. The molecule has 186 valence electrons. The summed E-state index contributed by atoms with van der Waals surface area (Å²) in [7, 11) is -3.90. The SMILES string of the molecule is CC(C)NC(=O)[C@@H](C)N(Cc1c(Cl)cccc1Cl)C(=O)CN(c1ccc(Cl)c(Cl)c1)S(C)(=O)=O. The highest BCUT2D eigenvalue weighted by molar-refractivity contribution is 7.92. The van der Waals surface area contributed by atoms with Gasteiger partial charge in [-0.1, -0.05) is 52.5 Å². The Balaban J connectivity index is 2.47. The molecule has 34 heavy (non-hydrogen) atoms. The molecule has 0 aliphatic carbocycles. The summed E-state index contributed by atoms with van der Waals surface area (Å²) >= 11 is 24.6. The predicted molar refractivity (Wildman–Crippen MR) is 138 cm³/mol. The first-order valence-electron chi connectivity index (χ1n) is 10.2. The van der Waals surface area contributed by atoms with Crippen molar-refractivity contribution in [1.82, 2.24) is 10.2 Å². The van der Waals surface area contributed by atoms with Crippen molar-refractivity contribution in [3.63, 3.8) is 0 Å². The molecule has 0 bridgehead atoms. The number of rotatable bonds is 9. The van der Waals surface area contributed by atoms with Crippen molar-refractivity contribution in [1.29, 1.82) is 0 Å². The number of amides is 2. The van der Waals surface area contributed by atoms with Gasteiger partial charge in [0.05, 0.1) is 22.0 Å². The molecule has 0 aromatic heterocycles. The Morgan fingerprint density at radius 1 is 0.941 bits per heavy atom. The van der Waals surface area contributed by atoms with Gasteiger partial charge in [-0.05, 0) is 51.1 Å². The van der Waals surface area contributed by atoms with E-state index in [1.807, 2.05) is 0 Å². The van der Waals surface area contributed by atoms with Gasteiger partial charge in [-0.3, -0.25) is 13.9 Å². The minimum absolute atomic E-state index is 0.108. The summed E-state index contributed by atoms with van der Waals surface area (Å²) in [5.41, 5.74) is 0.587. The first-order chi connectivity index (χ1) is 15.7. The van der Waals surface area contributed by atoms with Crippen molar-refractivity contribution in [3.8, 4) is 0 Å². The zero-order valence-electron chi connectivity index (χ0n) is 19.0. The Kier molecular flexibility index (Phi) is 9.91. The van der Waals surface area contributed by atoms with Crippen LogP contribution in [0.25, 0.3) is 0 Å². The van der Waals surface area contributed by atoms with Gasteiger partial charge in [-0.25, -0.2) is 8.42 Å². The fraction of sp³-hybridized carbons (Fsp3) is 0.364. The minimum Gasteiger partial charge on any atom is -0.352 e. The largest absolute Gasteiger partial charge is 0.352 e. The summed E-state index contributed by atoms with van der Waals surface area (Å²) < 4.78 is 26.0. The van der Waals surface area contributed by atoms with Gasteiger partial charge in [-0.2, -0.15) is 0 Å². The van der Waals surface area contributed by atoms with E-state index in [0.717, 1.165) is 10.6 Å². The van der Waals surface area contributed by atoms with E-state index in [1.165, 1.54) is 23.1 Å². The van der Waals surface area contributed by atoms with Crippen LogP contribution in [0.4, 0.5) is 5.69 Å². The number of anilines is 1. The molecular weight excluding hydrogens is 544 g/mol. The molecule has 0 aliphatic heterocycles. The van der Waals surface area contributed by atoms with Crippen molar-refractivity contribution in [2.75, 3.05) is 17.1 Å². The normalized spacial score (nSPS) is 12.4. The van der Waals surface area contributed by atoms with Crippen LogP contribution < -0.4 is 9.62 Å². The molecule has 0 spiro atoms. The molecule has 12 heteroatoms. The first-order valence-corrected chi connectivity index (χ1v) is 13.5. The minimum atomic E-state index is -3.90. The second kappa shape index (κ2) is 11.8. The maximum Gasteiger partial charge on any atom is 0.244 e. The molecule has 0 heterocycles. The molecule has 0 unspecified atom stereocenters. The Morgan fingerprint density at radius 2 is 1.53 bits per heavy atom. The number of carbonyl (C=O) groups is 2. The van der Waals surface area contributed by atoms with Crippen LogP contribution in [0, 0.1) is 0 Å². The molecule has 7 nitrogen and oxygen atoms in total. The topological polar surface area (TPSA) is 86.8 Å². The van der Waals surface area contributed by atoms with E-state index in [0.29, 0.717) is 15.6 Å². The second-order valence-corrected chi connectivity index (χ2v) is 11.5. The fourth-order valence-electron chi connectivity index (χ4n) is 3.10. The van der Waals surface area contributed by atoms with Gasteiger partial charge in [0.15, 0.2) is 0 Å². The molecule has 0 radical (unpaired) electrons. The van der Waals surface area contributed by atoms with Gasteiger partial charge in [0.2, 0.25) is 21.8 Å². The molecule has 0 saturated heterocycles. The number of sulfonamides is 1. The smallest absolute Gasteiger partial charge is 0.244 e. The average molecular weight is 569 g/mol. The number of nitrogens with one attached hydrogen (secondary N) is 1. The molecule has 0 aliphatic rings. The average Bonchev–Trinajstić information content (AvgIpc) is 2.72. The summed E-state index contributed by atoms with van der Waals surface area (Å²) in [6, 6.07) is 7.99. The number of carbonyl (C=O) groups excluding carboxylic acids is 2. The molecular formula is C22H25Cl4N3O4S. The highest BCUT2D eigenvalue weighted by Gasteiger charge is 2.31. The lowest BCUT2D eigenvalue weighted by atomic mass is 10.1. The van der Waals surface area contributed by atoms with Crippen LogP contribution in [-0.2, 0) is 26.2 Å². The maximum atomic E-state index is 13.5. The van der Waals surface area contributed by atoms with Crippen molar-refractivity contribution in [2.45, 2.75) is 39.4 Å². The van der Waals surface area contributed by atoms with E-state index in [4.69, 9.17) is 46.4 Å². The van der Waals surface area contributed by atoms with Crippen molar-refractivity contribution < 1.29 is 18.0 Å². The summed E-state index contributed by atoms with van der Waals surface area (Å²) in [5, 5.41) is 3.75. The highest BCUT2D eigenvalue weighted by atomic mass is 35.5. The molecule has 2 amide bonds. The van der Waals surface area contributed by atoms with Gasteiger partial charge in [0.25, 0.3) is 0 Å². The van der Waals surface area contributed by atoms with Gasteiger partial charge in [0.1, 0.15) is 12.6 Å². The van der Waals surface area contributed by atoms with E-state index >= 15 is 0 Å².